The van der Waals surface area contributed by atoms with E-state index in [9.17, 15) is 17.8 Å². The van der Waals surface area contributed by atoms with Crippen molar-refractivity contribution in [2.45, 2.75) is 61.8 Å². The molecule has 0 radical (unpaired) electrons. The predicted molar refractivity (Wildman–Crippen MR) is 127 cm³/mol. The fraction of sp³-hybridized carbons (Fsp3) is 0.458. The molecule has 2 aromatic carbocycles. The van der Waals surface area contributed by atoms with Gasteiger partial charge in [-0.05, 0) is 73.2 Å². The molecule has 2 aromatic rings. The van der Waals surface area contributed by atoms with Crippen molar-refractivity contribution in [1.29, 1.82) is 0 Å². The molecule has 0 saturated heterocycles. The Morgan fingerprint density at radius 2 is 1.97 bits per heavy atom. The minimum atomic E-state index is -4.51. The van der Waals surface area contributed by atoms with Gasteiger partial charge in [-0.25, -0.2) is 0 Å². The van der Waals surface area contributed by atoms with E-state index in [-0.39, 0.29) is 17.9 Å². The Morgan fingerprint density at radius 3 is 2.52 bits per heavy atom. The van der Waals surface area contributed by atoms with Gasteiger partial charge in [0, 0.05) is 16.5 Å². The van der Waals surface area contributed by atoms with Gasteiger partial charge in [0.25, 0.3) is 16.0 Å². The summed E-state index contributed by atoms with van der Waals surface area (Å²) < 4.78 is 38.9. The van der Waals surface area contributed by atoms with Gasteiger partial charge < -0.3 is 15.8 Å². The van der Waals surface area contributed by atoms with E-state index in [1.54, 1.807) is 13.0 Å². The lowest BCUT2D eigenvalue weighted by atomic mass is 9.58. The zero-order valence-corrected chi connectivity index (χ0v) is 20.0. The quantitative estimate of drug-likeness (QED) is 0.485. The molecule has 1 aliphatic heterocycles. The van der Waals surface area contributed by atoms with E-state index in [0.29, 0.717) is 10.8 Å². The second-order valence-corrected chi connectivity index (χ2v) is 11.0. The van der Waals surface area contributed by atoms with Crippen molar-refractivity contribution in [2.75, 3.05) is 6.54 Å². The summed E-state index contributed by atoms with van der Waals surface area (Å²) in [6.07, 6.45) is 2.53. The summed E-state index contributed by atoms with van der Waals surface area (Å²) in [7, 11) is -4.51. The number of benzene rings is 2. The molecular formula is C24H29ClN2O5S. The molecule has 33 heavy (non-hydrogen) atoms. The summed E-state index contributed by atoms with van der Waals surface area (Å²) in [5, 5.41) is 2.94. The molecule has 1 heterocycles. The Hall–Kier alpha value is -2.13. The molecule has 4 rings (SSSR count). The monoisotopic (exact) mass is 492 g/mol. The van der Waals surface area contributed by atoms with E-state index in [1.807, 2.05) is 24.3 Å². The second-order valence-electron chi connectivity index (χ2n) is 8.92. The van der Waals surface area contributed by atoms with Crippen LogP contribution in [0.3, 0.4) is 0 Å². The molecule has 9 heteroatoms. The highest BCUT2D eigenvalue weighted by atomic mass is 35.5. The first-order chi connectivity index (χ1) is 15.7. The van der Waals surface area contributed by atoms with Gasteiger partial charge in [-0.3, -0.25) is 9.35 Å². The number of primary amides is 1. The average molecular weight is 493 g/mol. The first-order valence-corrected chi connectivity index (χ1v) is 13.1. The van der Waals surface area contributed by atoms with Gasteiger partial charge in [0.1, 0.15) is 11.0 Å². The molecule has 0 aromatic heterocycles. The Morgan fingerprint density at radius 1 is 1.27 bits per heavy atom. The summed E-state index contributed by atoms with van der Waals surface area (Å²) in [6, 6.07) is 13.6. The fourth-order valence-electron chi connectivity index (χ4n) is 5.23. The van der Waals surface area contributed by atoms with E-state index in [2.05, 4.69) is 17.4 Å². The van der Waals surface area contributed by atoms with Crippen LogP contribution >= 0.6 is 11.6 Å². The highest BCUT2D eigenvalue weighted by Gasteiger charge is 2.47. The highest BCUT2D eigenvalue weighted by molar-refractivity contribution is 7.86. The molecule has 7 nitrogen and oxygen atoms in total. The number of halogens is 1. The molecular weight excluding hydrogens is 464 g/mol. The summed E-state index contributed by atoms with van der Waals surface area (Å²) in [5.74, 6) is -0.595. The highest BCUT2D eigenvalue weighted by Crippen LogP contribution is 2.53. The Labute approximate surface area is 199 Å². The van der Waals surface area contributed by atoms with Crippen LogP contribution in [0.4, 0.5) is 0 Å². The third-order valence-electron chi connectivity index (χ3n) is 7.05. The number of rotatable bonds is 8. The van der Waals surface area contributed by atoms with Crippen molar-refractivity contribution < 1.29 is 22.5 Å². The topological polar surface area (TPSA) is 119 Å². The Bertz CT molecular complexity index is 1130. The van der Waals surface area contributed by atoms with Crippen LogP contribution in [0.1, 0.15) is 55.3 Å². The van der Waals surface area contributed by atoms with E-state index in [4.69, 9.17) is 22.1 Å². The third-order valence-corrected chi connectivity index (χ3v) is 8.65. The maximum atomic E-state index is 12.0. The lowest BCUT2D eigenvalue weighted by molar-refractivity contribution is -0.124. The zero-order chi connectivity index (χ0) is 23.8. The van der Waals surface area contributed by atoms with Crippen molar-refractivity contribution in [3.8, 4) is 5.75 Å². The van der Waals surface area contributed by atoms with Crippen LogP contribution in [0.25, 0.3) is 0 Å². The largest absolute Gasteiger partial charge is 0.479 e. The molecule has 0 spiro atoms. The molecule has 4 N–H and O–H groups in total. The van der Waals surface area contributed by atoms with Crippen LogP contribution in [0.15, 0.2) is 42.5 Å². The van der Waals surface area contributed by atoms with Crippen LogP contribution in [0, 0.1) is 0 Å². The normalized spacial score (nSPS) is 21.4. The number of hydrogen-bond donors (Lipinski definition) is 3. The molecule has 1 saturated carbocycles. The van der Waals surface area contributed by atoms with Gasteiger partial charge in [-0.2, -0.15) is 8.42 Å². The van der Waals surface area contributed by atoms with E-state index >= 15 is 0 Å². The lowest BCUT2D eigenvalue weighted by Gasteiger charge is -2.50. The maximum Gasteiger partial charge on any atom is 0.272 e. The minimum absolute atomic E-state index is 0.0127. The Kier molecular flexibility index (Phi) is 6.73. The van der Waals surface area contributed by atoms with Crippen molar-refractivity contribution in [3.63, 3.8) is 0 Å². The second kappa shape index (κ2) is 9.25. The van der Waals surface area contributed by atoms with Crippen molar-refractivity contribution in [3.05, 3.63) is 64.2 Å². The number of carbonyl (C=O) groups is 1. The fourth-order valence-corrected chi connectivity index (χ4v) is 6.27. The first-order valence-electron chi connectivity index (χ1n) is 11.2. The van der Waals surface area contributed by atoms with Crippen LogP contribution in [-0.2, 0) is 26.7 Å². The summed E-state index contributed by atoms with van der Waals surface area (Å²) >= 11 is 6.12. The third kappa shape index (κ3) is 4.62. The molecule has 1 fully saturated rings. The van der Waals surface area contributed by atoms with E-state index in [0.717, 1.165) is 37.8 Å². The molecule has 1 amide bonds. The Balaban J connectivity index is 1.70. The number of fused-ring (bicyclic) bond motifs is 1. The molecule has 3 unspecified atom stereocenters. The van der Waals surface area contributed by atoms with Gasteiger partial charge in [-0.15, -0.1) is 0 Å². The van der Waals surface area contributed by atoms with Gasteiger partial charge >= 0.3 is 0 Å². The number of nitrogens with two attached hydrogens (primary N) is 1. The van der Waals surface area contributed by atoms with E-state index in [1.165, 1.54) is 11.1 Å². The number of nitrogens with one attached hydrogen (secondary N) is 1. The van der Waals surface area contributed by atoms with E-state index < -0.39 is 27.4 Å². The van der Waals surface area contributed by atoms with Gasteiger partial charge in [0.15, 0.2) is 6.10 Å². The number of ether oxygens (including phenoxy) is 1. The van der Waals surface area contributed by atoms with Gasteiger partial charge in [0.2, 0.25) is 0 Å². The number of carbonyl (C=O) groups excluding carboxylic acids is 1. The smallest absolute Gasteiger partial charge is 0.272 e. The lowest BCUT2D eigenvalue weighted by Crippen LogP contribution is -2.49. The van der Waals surface area contributed by atoms with Crippen LogP contribution in [-0.4, -0.2) is 36.8 Å². The molecule has 1 aliphatic carbocycles. The summed E-state index contributed by atoms with van der Waals surface area (Å²) in [5.41, 5.74) is 8.84. The zero-order valence-electron chi connectivity index (χ0n) is 18.5. The van der Waals surface area contributed by atoms with Gasteiger partial charge in [-0.1, -0.05) is 43.1 Å². The molecule has 2 aliphatic rings. The van der Waals surface area contributed by atoms with Crippen molar-refractivity contribution in [2.24, 2.45) is 5.73 Å². The van der Waals surface area contributed by atoms with Crippen molar-refractivity contribution >= 4 is 27.6 Å². The first kappa shape index (κ1) is 24.0. The minimum Gasteiger partial charge on any atom is -0.479 e. The SMILES string of the molecule is CCC(C(Oc1ccc2c(c1)C(C1(c3ccc(Cl)cc3)CCC1)NCC2)C(N)=O)S(=O)(=O)O. The molecule has 0 bridgehead atoms. The molecule has 178 valence electrons. The van der Waals surface area contributed by atoms with Crippen LogP contribution < -0.4 is 15.8 Å². The summed E-state index contributed by atoms with van der Waals surface area (Å²) in [4.78, 5) is 12.0. The standard InChI is InChI=1S/C24H29ClN2O5S/c1-2-20(33(29,30)31)21(23(26)28)32-18-9-4-15-10-13-27-22(19(15)14-18)24(11-3-12-24)16-5-7-17(25)8-6-16/h4-9,14,20-22,27H,2-3,10-13H2,1H3,(H2,26,28)(H,29,30,31). The average Bonchev–Trinajstić information content (AvgIpc) is 2.73. The summed E-state index contributed by atoms with van der Waals surface area (Å²) in [6.45, 7) is 2.40. The van der Waals surface area contributed by atoms with Crippen molar-refractivity contribution in [1.82, 2.24) is 5.32 Å². The van der Waals surface area contributed by atoms with Crippen LogP contribution in [0.2, 0.25) is 5.02 Å². The molecule has 3 atom stereocenters. The number of hydrogen-bond acceptors (Lipinski definition) is 5. The number of amides is 1. The van der Waals surface area contributed by atoms with Gasteiger partial charge in [0.05, 0.1) is 0 Å². The van der Waals surface area contributed by atoms with Crippen LogP contribution in [0.5, 0.6) is 5.75 Å². The maximum absolute atomic E-state index is 12.0. The predicted octanol–water partition coefficient (Wildman–Crippen LogP) is 3.55.